The zero-order valence-electron chi connectivity index (χ0n) is 18.6. The van der Waals surface area contributed by atoms with E-state index in [0.717, 1.165) is 44.1 Å². The van der Waals surface area contributed by atoms with Crippen LogP contribution in [-0.2, 0) is 14.6 Å². The van der Waals surface area contributed by atoms with E-state index in [9.17, 15) is 18.3 Å². The van der Waals surface area contributed by atoms with Crippen LogP contribution < -0.4 is 0 Å². The van der Waals surface area contributed by atoms with Crippen LogP contribution in [0, 0.1) is 17.3 Å². The first-order chi connectivity index (χ1) is 14.5. The largest absolute Gasteiger partial charge is 0.390 e. The van der Waals surface area contributed by atoms with Crippen molar-refractivity contribution in [1.29, 1.82) is 0 Å². The minimum absolute atomic E-state index is 0.149. The van der Waals surface area contributed by atoms with Gasteiger partial charge in [0.15, 0.2) is 15.6 Å². The second-order valence-corrected chi connectivity index (χ2v) is 12.7. The Hall–Kier alpha value is -1.72. The van der Waals surface area contributed by atoms with Gasteiger partial charge in [-0.1, -0.05) is 24.6 Å². The number of aliphatic hydroxyl groups is 1. The van der Waals surface area contributed by atoms with E-state index in [1.54, 1.807) is 12.1 Å². The summed E-state index contributed by atoms with van der Waals surface area (Å²) in [5, 5.41) is 11.4. The number of hydrogen-bond donors (Lipinski definition) is 1. The lowest BCUT2D eigenvalue weighted by Gasteiger charge is -2.54. The number of carbonyl (C=O) groups is 1. The second kappa shape index (κ2) is 6.89. The highest BCUT2D eigenvalue weighted by Gasteiger charge is 2.60. The van der Waals surface area contributed by atoms with Crippen LogP contribution in [-0.4, -0.2) is 31.2 Å². The van der Waals surface area contributed by atoms with Gasteiger partial charge >= 0.3 is 0 Å². The molecule has 1 aromatic rings. The quantitative estimate of drug-likeness (QED) is 0.721. The molecule has 166 valence electrons. The molecule has 2 saturated carbocycles. The van der Waals surface area contributed by atoms with Gasteiger partial charge < -0.3 is 5.11 Å². The van der Waals surface area contributed by atoms with Gasteiger partial charge in [-0.3, -0.25) is 4.79 Å². The van der Waals surface area contributed by atoms with Gasteiger partial charge in [0, 0.05) is 24.0 Å². The van der Waals surface area contributed by atoms with E-state index < -0.39 is 15.4 Å². The monoisotopic (exact) mass is 440 g/mol. The summed E-state index contributed by atoms with van der Waals surface area (Å²) < 4.78 is 23.9. The van der Waals surface area contributed by atoms with Crippen molar-refractivity contribution in [3.63, 3.8) is 0 Å². The molecule has 1 aromatic carbocycles. The van der Waals surface area contributed by atoms with Crippen molar-refractivity contribution in [2.24, 2.45) is 17.3 Å². The molecule has 0 radical (unpaired) electrons. The highest BCUT2D eigenvalue weighted by molar-refractivity contribution is 7.90. The lowest BCUT2D eigenvalue weighted by molar-refractivity contribution is -0.114. The topological polar surface area (TPSA) is 71.4 Å². The number of ketones is 1. The Kier molecular flexibility index (Phi) is 4.70. The number of allylic oxidation sites excluding steroid dienone is 4. The number of sulfone groups is 1. The number of benzene rings is 1. The fraction of sp³-hybridized carbons (Fsp3) is 0.577. The molecule has 5 rings (SSSR count). The average molecular weight is 441 g/mol. The van der Waals surface area contributed by atoms with Crippen molar-refractivity contribution in [2.45, 2.75) is 75.2 Å². The molecule has 2 fully saturated rings. The summed E-state index contributed by atoms with van der Waals surface area (Å²) in [6.07, 6.45) is 9.21. The highest BCUT2D eigenvalue weighted by Crippen LogP contribution is 2.66. The molecule has 0 aromatic heterocycles. The first-order valence-corrected chi connectivity index (χ1v) is 13.4. The van der Waals surface area contributed by atoms with Crippen LogP contribution in [0.3, 0.4) is 0 Å². The van der Waals surface area contributed by atoms with Crippen LogP contribution in [0.15, 0.2) is 52.0 Å². The molecule has 0 unspecified atom stereocenters. The second-order valence-electron chi connectivity index (χ2n) is 10.6. The van der Waals surface area contributed by atoms with E-state index in [4.69, 9.17) is 0 Å². The Morgan fingerprint density at radius 2 is 1.74 bits per heavy atom. The van der Waals surface area contributed by atoms with E-state index in [1.165, 1.54) is 23.0 Å². The van der Waals surface area contributed by atoms with E-state index in [1.807, 2.05) is 25.1 Å². The van der Waals surface area contributed by atoms with Crippen LogP contribution in [0.2, 0.25) is 0 Å². The Labute approximate surface area is 185 Å². The maximum atomic E-state index is 12.1. The van der Waals surface area contributed by atoms with Crippen LogP contribution >= 0.6 is 0 Å². The van der Waals surface area contributed by atoms with Crippen LogP contribution in [0.1, 0.15) is 70.3 Å². The summed E-state index contributed by atoms with van der Waals surface area (Å²) in [7, 11) is -3.24. The first kappa shape index (κ1) is 21.1. The molecule has 5 heteroatoms. The van der Waals surface area contributed by atoms with Gasteiger partial charge in [0.2, 0.25) is 0 Å². The number of rotatable bonds is 2. The maximum Gasteiger partial charge on any atom is 0.175 e. The van der Waals surface area contributed by atoms with Crippen LogP contribution in [0.4, 0.5) is 0 Å². The van der Waals surface area contributed by atoms with Crippen molar-refractivity contribution in [1.82, 2.24) is 0 Å². The lowest BCUT2D eigenvalue weighted by atomic mass is 9.51. The first-order valence-electron chi connectivity index (χ1n) is 11.5. The highest BCUT2D eigenvalue weighted by atomic mass is 32.2. The Bertz CT molecular complexity index is 1110. The standard InChI is InChI=1S/C26H32O4S/c1-25-15-22(16-4-8-19(9-5-16)31(3,29)30)24-20-11-7-18(27)14-17(20)6-10-21(24)23(25)12-13-26(25,2)28/h4-5,8-9,14,21-23,28H,6-7,10-13,15H2,1-3H3/t21-,22+,23-,25-,26-/m0/s1. The predicted octanol–water partition coefficient (Wildman–Crippen LogP) is 4.74. The van der Waals surface area contributed by atoms with Crippen molar-refractivity contribution in [2.75, 3.05) is 6.26 Å². The molecule has 0 aliphatic heterocycles. The summed E-state index contributed by atoms with van der Waals surface area (Å²) in [4.78, 5) is 12.4. The van der Waals surface area contributed by atoms with Crippen molar-refractivity contribution in [3.05, 3.63) is 52.6 Å². The molecule has 4 aliphatic rings. The van der Waals surface area contributed by atoms with Crippen LogP contribution in [0.5, 0.6) is 0 Å². The number of hydrogen-bond acceptors (Lipinski definition) is 4. The zero-order chi connectivity index (χ0) is 22.2. The summed E-state index contributed by atoms with van der Waals surface area (Å²) in [6, 6.07) is 7.36. The van der Waals surface area contributed by atoms with Crippen molar-refractivity contribution in [3.8, 4) is 0 Å². The van der Waals surface area contributed by atoms with Gasteiger partial charge in [-0.25, -0.2) is 8.42 Å². The van der Waals surface area contributed by atoms with Gasteiger partial charge in [0.25, 0.3) is 0 Å². The van der Waals surface area contributed by atoms with Crippen molar-refractivity contribution < 1.29 is 18.3 Å². The minimum Gasteiger partial charge on any atom is -0.390 e. The molecule has 0 bridgehead atoms. The van der Waals surface area contributed by atoms with Gasteiger partial charge in [-0.15, -0.1) is 0 Å². The molecule has 1 N–H and O–H groups in total. The molecule has 4 nitrogen and oxygen atoms in total. The summed E-state index contributed by atoms with van der Waals surface area (Å²) in [5.41, 5.74) is 4.32. The van der Waals surface area contributed by atoms with Gasteiger partial charge in [0.1, 0.15) is 0 Å². The smallest absolute Gasteiger partial charge is 0.175 e. The molecular formula is C26H32O4S. The molecule has 0 spiro atoms. The van der Waals surface area contributed by atoms with Crippen molar-refractivity contribution >= 4 is 15.6 Å². The van der Waals surface area contributed by atoms with E-state index in [2.05, 4.69) is 6.92 Å². The average Bonchev–Trinajstić information content (AvgIpc) is 2.95. The fourth-order valence-electron chi connectivity index (χ4n) is 7.13. The third kappa shape index (κ3) is 3.19. The van der Waals surface area contributed by atoms with E-state index in [-0.39, 0.29) is 17.1 Å². The Morgan fingerprint density at radius 1 is 1.03 bits per heavy atom. The summed E-state index contributed by atoms with van der Waals surface area (Å²) in [5.74, 6) is 1.26. The third-order valence-electron chi connectivity index (χ3n) is 9.01. The zero-order valence-corrected chi connectivity index (χ0v) is 19.5. The number of carbonyl (C=O) groups excluding carboxylic acids is 1. The molecule has 0 heterocycles. The Morgan fingerprint density at radius 3 is 2.42 bits per heavy atom. The van der Waals surface area contributed by atoms with E-state index >= 15 is 0 Å². The van der Waals surface area contributed by atoms with Crippen LogP contribution in [0.25, 0.3) is 0 Å². The maximum absolute atomic E-state index is 12.1. The number of fused-ring (bicyclic) bond motifs is 4. The molecule has 0 saturated heterocycles. The van der Waals surface area contributed by atoms with E-state index in [0.29, 0.717) is 23.2 Å². The predicted molar refractivity (Wildman–Crippen MR) is 120 cm³/mol. The lowest BCUT2D eigenvalue weighted by Crippen LogP contribution is -2.50. The molecule has 0 amide bonds. The Balaban J connectivity index is 1.67. The molecule has 4 aliphatic carbocycles. The van der Waals surface area contributed by atoms with Gasteiger partial charge in [0.05, 0.1) is 10.5 Å². The van der Waals surface area contributed by atoms with Gasteiger partial charge in [-0.05, 0) is 92.2 Å². The normalized spacial score (nSPS) is 37.7. The summed E-state index contributed by atoms with van der Waals surface area (Å²) in [6.45, 7) is 4.27. The van der Waals surface area contributed by atoms with Gasteiger partial charge in [-0.2, -0.15) is 0 Å². The summed E-state index contributed by atoms with van der Waals surface area (Å²) >= 11 is 0. The minimum atomic E-state index is -3.24. The molecule has 5 atom stereocenters. The SMILES string of the molecule is C[C@]1(O)CC[C@H]2[C@@H]3CCC4=CC(=O)CCC4=C3[C@@H](c3ccc(S(C)(=O)=O)cc3)C[C@@]21C. The molecular weight excluding hydrogens is 408 g/mol. The third-order valence-corrected chi connectivity index (χ3v) is 10.1. The molecule has 31 heavy (non-hydrogen) atoms. The fourth-order valence-corrected chi connectivity index (χ4v) is 7.76.